The van der Waals surface area contributed by atoms with Crippen molar-refractivity contribution in [2.75, 3.05) is 0 Å². The van der Waals surface area contributed by atoms with Crippen molar-refractivity contribution in [3.05, 3.63) is 48.0 Å². The van der Waals surface area contributed by atoms with E-state index in [4.69, 9.17) is 17.3 Å². The third-order valence-electron chi connectivity index (χ3n) is 4.85. The molecule has 0 amide bonds. The second-order valence-electron chi connectivity index (χ2n) is 7.75. The van der Waals surface area contributed by atoms with E-state index in [2.05, 4.69) is 35.5 Å². The van der Waals surface area contributed by atoms with Gasteiger partial charge in [0, 0.05) is 12.8 Å². The quantitative estimate of drug-likeness (QED) is 0.218. The van der Waals surface area contributed by atoms with Crippen LogP contribution in [-0.4, -0.2) is 22.4 Å². The first-order valence-electron chi connectivity index (χ1n) is 11.8. The minimum absolute atomic E-state index is 0.666. The summed E-state index contributed by atoms with van der Waals surface area (Å²) >= 11 is 0. The van der Waals surface area contributed by atoms with Crippen LogP contribution in [0.3, 0.4) is 0 Å². The summed E-state index contributed by atoms with van der Waals surface area (Å²) in [5, 5.41) is 18.4. The van der Waals surface area contributed by atoms with Crippen molar-refractivity contribution in [1.82, 2.24) is 0 Å². The van der Waals surface area contributed by atoms with Gasteiger partial charge in [0.2, 0.25) is 0 Å². The Balaban J connectivity index is 2.09. The third-order valence-corrected chi connectivity index (χ3v) is 4.85. The summed E-state index contributed by atoms with van der Waals surface area (Å²) in [5.74, 6) is 18.3. The van der Waals surface area contributed by atoms with E-state index < -0.39 is 12.2 Å². The highest BCUT2D eigenvalue weighted by Crippen LogP contribution is 2.09. The highest BCUT2D eigenvalue weighted by Gasteiger charge is 1.96. The molecule has 0 bridgehead atoms. The maximum absolute atomic E-state index is 9.21. The number of furan rings is 1. The van der Waals surface area contributed by atoms with Crippen LogP contribution in [0.15, 0.2) is 40.9 Å². The lowest BCUT2D eigenvalue weighted by atomic mass is 10.1. The summed E-state index contributed by atoms with van der Waals surface area (Å²) in [4.78, 5) is 0. The van der Waals surface area contributed by atoms with E-state index in [0.29, 0.717) is 11.5 Å². The number of allylic oxidation sites excluding steroid dienone is 2. The third kappa shape index (κ3) is 16.2. The van der Waals surface area contributed by atoms with Gasteiger partial charge >= 0.3 is 0 Å². The van der Waals surface area contributed by atoms with Crippen LogP contribution in [0.4, 0.5) is 0 Å². The van der Waals surface area contributed by atoms with Crippen molar-refractivity contribution in [2.24, 2.45) is 0 Å². The molecule has 0 spiro atoms. The molecule has 0 aliphatic heterocycles. The second-order valence-corrected chi connectivity index (χ2v) is 7.75. The Morgan fingerprint density at radius 3 is 1.55 bits per heavy atom. The smallest absolute Gasteiger partial charge is 0.178 e. The second kappa shape index (κ2) is 19.6. The average Bonchev–Trinajstić information content (AvgIpc) is 3.28. The van der Waals surface area contributed by atoms with E-state index in [1.54, 1.807) is 12.2 Å². The van der Waals surface area contributed by atoms with Crippen LogP contribution in [0, 0.1) is 48.4 Å². The van der Waals surface area contributed by atoms with Gasteiger partial charge in [-0.05, 0) is 74.7 Å². The Morgan fingerprint density at radius 2 is 1.12 bits per heavy atom. The van der Waals surface area contributed by atoms with Gasteiger partial charge in [0.1, 0.15) is 12.2 Å². The topological polar surface area (TPSA) is 53.6 Å². The predicted octanol–water partition coefficient (Wildman–Crippen LogP) is 5.76. The minimum Gasteiger partial charge on any atom is -0.439 e. The first-order chi connectivity index (χ1) is 16.2. The molecule has 0 aromatic carbocycles. The van der Waals surface area contributed by atoms with Gasteiger partial charge in [-0.2, -0.15) is 0 Å². The van der Waals surface area contributed by atoms with E-state index in [1.807, 2.05) is 24.3 Å². The van der Waals surface area contributed by atoms with Crippen molar-refractivity contribution >= 4 is 0 Å². The standard InChI is InChI=1S/C30H36O3/c1-3-27(31)21-17-13-9-5-7-11-15-19-23-29-25-26-30(33-29)24-20-16-12-8-6-10-14-18-22-28(32)4-2/h1-2,17-18,21-22,25-28,31-32H,5-16H2/b21-17+,22-18+/t27-,28?/m1/s1. The fourth-order valence-electron chi connectivity index (χ4n) is 2.99. The molecule has 0 aliphatic rings. The number of aliphatic hydroxyl groups is 2. The largest absolute Gasteiger partial charge is 0.439 e. The van der Waals surface area contributed by atoms with Gasteiger partial charge in [-0.3, -0.25) is 0 Å². The van der Waals surface area contributed by atoms with Crippen molar-refractivity contribution in [3.63, 3.8) is 0 Å². The summed E-state index contributed by atoms with van der Waals surface area (Å²) in [5.41, 5.74) is 0. The Hall–Kier alpha value is -3.08. The molecule has 1 aromatic heterocycles. The molecule has 3 nitrogen and oxygen atoms in total. The average molecular weight is 445 g/mol. The lowest BCUT2D eigenvalue weighted by Gasteiger charge is -1.97. The number of terminal acetylenes is 2. The van der Waals surface area contributed by atoms with E-state index in [9.17, 15) is 10.2 Å². The zero-order valence-electron chi connectivity index (χ0n) is 19.6. The van der Waals surface area contributed by atoms with E-state index in [-0.39, 0.29) is 0 Å². The molecular formula is C30H36O3. The summed E-state index contributed by atoms with van der Waals surface area (Å²) in [6, 6.07) is 3.75. The summed E-state index contributed by atoms with van der Waals surface area (Å²) in [7, 11) is 0. The molecule has 3 heteroatoms. The monoisotopic (exact) mass is 444 g/mol. The molecule has 0 aliphatic carbocycles. The highest BCUT2D eigenvalue weighted by molar-refractivity contribution is 5.32. The molecule has 2 N–H and O–H groups in total. The van der Waals surface area contributed by atoms with Crippen LogP contribution in [0.5, 0.6) is 0 Å². The fourth-order valence-corrected chi connectivity index (χ4v) is 2.99. The summed E-state index contributed by atoms with van der Waals surface area (Å²) < 4.78 is 5.65. The number of aliphatic hydroxyl groups excluding tert-OH is 2. The maximum atomic E-state index is 9.21. The Labute approximate surface area is 200 Å². The summed E-state index contributed by atoms with van der Waals surface area (Å²) in [6.45, 7) is 0. The zero-order valence-corrected chi connectivity index (χ0v) is 19.6. The van der Waals surface area contributed by atoms with Crippen LogP contribution < -0.4 is 0 Å². The van der Waals surface area contributed by atoms with Gasteiger partial charge in [0.05, 0.1) is 0 Å². The number of hydrogen-bond acceptors (Lipinski definition) is 3. The number of unbranched alkanes of at least 4 members (excludes halogenated alkanes) is 10. The van der Waals surface area contributed by atoms with Crippen LogP contribution >= 0.6 is 0 Å². The Morgan fingerprint density at radius 1 is 0.697 bits per heavy atom. The Kier molecular flexibility index (Phi) is 16.6. The van der Waals surface area contributed by atoms with Gasteiger partial charge < -0.3 is 14.6 Å². The molecule has 33 heavy (non-hydrogen) atoms. The minimum atomic E-state index is -0.764. The molecule has 1 unspecified atom stereocenters. The van der Waals surface area contributed by atoms with E-state index >= 15 is 0 Å². The maximum Gasteiger partial charge on any atom is 0.178 e. The van der Waals surface area contributed by atoms with Gasteiger partial charge in [-0.1, -0.05) is 61.5 Å². The molecule has 2 atom stereocenters. The fraction of sp³-hybridized carbons (Fsp3) is 0.467. The number of rotatable bonds is 14. The predicted molar refractivity (Wildman–Crippen MR) is 136 cm³/mol. The molecule has 1 heterocycles. The van der Waals surface area contributed by atoms with Crippen LogP contribution in [-0.2, 0) is 0 Å². The van der Waals surface area contributed by atoms with Gasteiger partial charge in [0.15, 0.2) is 11.5 Å². The molecular weight excluding hydrogens is 408 g/mol. The van der Waals surface area contributed by atoms with Crippen LogP contribution in [0.1, 0.15) is 88.6 Å². The van der Waals surface area contributed by atoms with Crippen molar-refractivity contribution in [2.45, 2.75) is 89.3 Å². The van der Waals surface area contributed by atoms with E-state index in [1.165, 1.54) is 0 Å². The zero-order chi connectivity index (χ0) is 24.0. The SMILES string of the molecule is C#CC(O)/C=C/CCCCCCC#Cc1ccc(C#CCCCCCC/C=C/[C@H](O)C#C)o1. The summed E-state index contributed by atoms with van der Waals surface area (Å²) in [6.07, 6.45) is 28.4. The first-order valence-corrected chi connectivity index (χ1v) is 11.8. The molecule has 174 valence electrons. The lowest BCUT2D eigenvalue weighted by molar-refractivity contribution is 0.280. The van der Waals surface area contributed by atoms with Crippen LogP contribution in [0.25, 0.3) is 0 Å². The van der Waals surface area contributed by atoms with Gasteiger partial charge in [-0.15, -0.1) is 12.8 Å². The van der Waals surface area contributed by atoms with Gasteiger partial charge in [-0.25, -0.2) is 0 Å². The first kappa shape index (κ1) is 28.0. The Bertz CT molecular complexity index is 837. The van der Waals surface area contributed by atoms with Crippen LogP contribution in [0.2, 0.25) is 0 Å². The number of hydrogen-bond donors (Lipinski definition) is 2. The molecule has 0 saturated carbocycles. The lowest BCUT2D eigenvalue weighted by Crippen LogP contribution is -1.95. The van der Waals surface area contributed by atoms with E-state index in [0.717, 1.165) is 77.0 Å². The molecule has 0 saturated heterocycles. The molecule has 0 fully saturated rings. The molecule has 1 rings (SSSR count). The van der Waals surface area contributed by atoms with Crippen molar-refractivity contribution in [1.29, 1.82) is 0 Å². The van der Waals surface area contributed by atoms with Crippen molar-refractivity contribution in [3.8, 4) is 48.4 Å². The molecule has 1 aromatic rings. The normalized spacial score (nSPS) is 12.4. The highest BCUT2D eigenvalue weighted by atomic mass is 16.3. The molecule has 0 radical (unpaired) electrons. The van der Waals surface area contributed by atoms with Crippen molar-refractivity contribution < 1.29 is 14.6 Å². The van der Waals surface area contributed by atoms with Gasteiger partial charge in [0.25, 0.3) is 0 Å².